The summed E-state index contributed by atoms with van der Waals surface area (Å²) in [4.78, 5) is 2.39. The normalized spacial score (nSPS) is 12.1. The number of anilines is 3. The molecule has 0 amide bonds. The third-order valence-electron chi connectivity index (χ3n) is 13.7. The molecule has 0 aromatic heterocycles. The third kappa shape index (κ3) is 8.95. The summed E-state index contributed by atoms with van der Waals surface area (Å²) in [5, 5.41) is 4.89. The van der Waals surface area contributed by atoms with E-state index in [0.29, 0.717) is 0 Å². The molecule has 0 bridgehead atoms. The van der Waals surface area contributed by atoms with E-state index in [0.717, 1.165) is 26.0 Å². The van der Waals surface area contributed by atoms with Crippen molar-refractivity contribution in [3.05, 3.63) is 278 Å². The lowest BCUT2D eigenvalue weighted by atomic mass is 9.77. The molecular weight excluding hydrogens is 943 g/mol. The van der Waals surface area contributed by atoms with Gasteiger partial charge in [-0.05, 0) is 132 Å². The molecule has 0 atom stereocenters. The fraction of sp³-hybridized carbons (Fsp3) is 0.0938. The van der Waals surface area contributed by atoms with Gasteiger partial charge in [-0.3, -0.25) is 0 Å². The minimum absolute atomic E-state index is 0.148. The van der Waals surface area contributed by atoms with Crippen molar-refractivity contribution < 1.29 is 0 Å². The zero-order valence-corrected chi connectivity index (χ0v) is 41.4. The van der Waals surface area contributed by atoms with Crippen LogP contribution in [-0.2, 0) is 10.8 Å². The van der Waals surface area contributed by atoms with Crippen LogP contribution in [0, 0.1) is 0 Å². The largest absolute Gasteiger partial charge is 0.310 e. The van der Waals surface area contributed by atoms with Gasteiger partial charge in [-0.25, -0.2) is 0 Å². The first kappa shape index (κ1) is 44.1. The summed E-state index contributed by atoms with van der Waals surface area (Å²) in [6.45, 7) is 9.20. The van der Waals surface area contributed by atoms with E-state index in [9.17, 15) is 0 Å². The molecule has 67 heavy (non-hydrogen) atoms. The molecule has 0 aliphatic rings. The monoisotopic (exact) mass is 991 g/mol. The highest BCUT2D eigenvalue weighted by Gasteiger charge is 2.25. The summed E-state index contributed by atoms with van der Waals surface area (Å²) < 4.78 is 2.18. The van der Waals surface area contributed by atoms with Crippen LogP contribution in [0.25, 0.3) is 44.3 Å². The van der Waals surface area contributed by atoms with Gasteiger partial charge in [0.15, 0.2) is 0 Å². The minimum Gasteiger partial charge on any atom is -0.310 e. The van der Waals surface area contributed by atoms with Crippen LogP contribution in [0.2, 0.25) is 0 Å². The first-order valence-electron chi connectivity index (χ1n) is 22.9. The Morgan fingerprint density at radius 3 is 1.27 bits per heavy atom. The molecular formula is C64H51Br2N. The summed E-state index contributed by atoms with van der Waals surface area (Å²) in [6, 6.07) is 84.2. The number of hydrogen-bond acceptors (Lipinski definition) is 1. The van der Waals surface area contributed by atoms with Crippen molar-refractivity contribution in [1.29, 1.82) is 0 Å². The van der Waals surface area contributed by atoms with E-state index >= 15 is 0 Å². The first-order chi connectivity index (χ1) is 32.5. The molecule has 0 aliphatic carbocycles. The van der Waals surface area contributed by atoms with E-state index in [-0.39, 0.29) is 10.8 Å². The van der Waals surface area contributed by atoms with E-state index in [1.807, 2.05) is 0 Å². The maximum atomic E-state index is 3.61. The van der Waals surface area contributed by atoms with E-state index in [1.165, 1.54) is 77.2 Å². The zero-order valence-electron chi connectivity index (χ0n) is 38.2. The van der Waals surface area contributed by atoms with Gasteiger partial charge in [0.2, 0.25) is 0 Å². The number of nitrogens with zero attached hydrogens (tertiary/aromatic N) is 1. The highest BCUT2D eigenvalue weighted by Crippen LogP contribution is 2.42. The quantitative estimate of drug-likeness (QED) is 0.117. The van der Waals surface area contributed by atoms with Crippen LogP contribution in [0.15, 0.2) is 239 Å². The van der Waals surface area contributed by atoms with Crippen molar-refractivity contribution in [1.82, 2.24) is 0 Å². The van der Waals surface area contributed by atoms with Crippen LogP contribution >= 0.6 is 31.9 Å². The molecule has 0 saturated carbocycles. The van der Waals surface area contributed by atoms with E-state index in [2.05, 4.69) is 301 Å². The number of benzene rings is 10. The average Bonchev–Trinajstić information content (AvgIpc) is 3.36. The summed E-state index contributed by atoms with van der Waals surface area (Å²) in [5.74, 6) is 0. The Hall–Kier alpha value is -6.78. The second-order valence-corrected chi connectivity index (χ2v) is 20.3. The lowest BCUT2D eigenvalue weighted by Gasteiger charge is -2.29. The van der Waals surface area contributed by atoms with Crippen LogP contribution in [0.5, 0.6) is 0 Å². The van der Waals surface area contributed by atoms with Crippen molar-refractivity contribution in [3.63, 3.8) is 0 Å². The van der Waals surface area contributed by atoms with Gasteiger partial charge in [0, 0.05) is 36.5 Å². The van der Waals surface area contributed by atoms with Gasteiger partial charge in [-0.1, -0.05) is 235 Å². The Bertz CT molecular complexity index is 3350. The Morgan fingerprint density at radius 1 is 0.373 bits per heavy atom. The van der Waals surface area contributed by atoms with Gasteiger partial charge < -0.3 is 4.90 Å². The third-order valence-corrected chi connectivity index (χ3v) is 14.7. The fourth-order valence-corrected chi connectivity index (χ4v) is 10.0. The average molecular weight is 994 g/mol. The van der Waals surface area contributed by atoms with E-state index in [1.54, 1.807) is 0 Å². The predicted octanol–water partition coefficient (Wildman–Crippen LogP) is 18.9. The highest BCUT2D eigenvalue weighted by atomic mass is 79.9. The lowest BCUT2D eigenvalue weighted by Crippen LogP contribution is -2.19. The van der Waals surface area contributed by atoms with Gasteiger partial charge in [0.25, 0.3) is 0 Å². The summed E-state index contributed by atoms with van der Waals surface area (Å²) in [5.41, 5.74) is 15.2. The molecule has 3 heteroatoms. The molecule has 0 aliphatic heterocycles. The smallest absolute Gasteiger partial charge is 0.0540 e. The second-order valence-electron chi connectivity index (χ2n) is 18.5. The van der Waals surface area contributed by atoms with Gasteiger partial charge in [0.1, 0.15) is 0 Å². The van der Waals surface area contributed by atoms with E-state index in [4.69, 9.17) is 0 Å². The first-order valence-corrected chi connectivity index (χ1v) is 24.5. The second kappa shape index (κ2) is 18.5. The molecule has 0 unspecified atom stereocenters. The maximum absolute atomic E-state index is 3.61. The molecule has 0 radical (unpaired) electrons. The number of halogens is 2. The Kier molecular flexibility index (Phi) is 12.2. The Labute approximate surface area is 412 Å². The lowest BCUT2D eigenvalue weighted by molar-refractivity contribution is 0.640. The maximum Gasteiger partial charge on any atom is 0.0540 e. The van der Waals surface area contributed by atoms with Crippen LogP contribution in [0.1, 0.15) is 66.6 Å². The summed E-state index contributed by atoms with van der Waals surface area (Å²) in [6.07, 6.45) is 2.36. The predicted molar refractivity (Wildman–Crippen MR) is 294 cm³/mol. The standard InChI is InChI=1S/C64H51Br2N/c1-63(2,52-29-35-55(65)36-30-52)51-27-23-49(24-28-51)61(43-50-15-9-13-46-11-5-7-16-59(46)50)48-21-19-44(20-22-48)45-25-39-57(40-26-45)67(62-18-10-14-47-12-6-8-17-60(47)62)58-41-33-54(34-42-58)64(3,4)53-31-37-56(66)38-32-53/h5-43H,1-4H3. The number of hydrogen-bond donors (Lipinski definition) is 0. The molecule has 10 aromatic rings. The van der Waals surface area contributed by atoms with Gasteiger partial charge in [0.05, 0.1) is 5.69 Å². The fourth-order valence-electron chi connectivity index (χ4n) is 9.50. The Morgan fingerprint density at radius 2 is 0.746 bits per heavy atom. The van der Waals surface area contributed by atoms with Crippen molar-refractivity contribution in [2.24, 2.45) is 0 Å². The van der Waals surface area contributed by atoms with Crippen molar-refractivity contribution in [2.45, 2.75) is 38.5 Å². The molecule has 0 heterocycles. The van der Waals surface area contributed by atoms with Crippen LogP contribution in [0.3, 0.4) is 0 Å². The SMILES string of the molecule is CC(C)(c1ccc(Br)cc1)c1ccc(C(=Cc2cccc3ccccc23)c2ccc(-c3ccc(N(c4ccc(C(C)(C)c5ccc(Br)cc5)cc4)c4cccc5ccccc45)cc3)cc2)cc1. The van der Waals surface area contributed by atoms with Crippen molar-refractivity contribution in [2.75, 3.05) is 4.90 Å². The van der Waals surface area contributed by atoms with Gasteiger partial charge in [-0.2, -0.15) is 0 Å². The highest BCUT2D eigenvalue weighted by molar-refractivity contribution is 9.10. The molecule has 10 aromatic carbocycles. The topological polar surface area (TPSA) is 3.24 Å². The zero-order chi connectivity index (χ0) is 46.1. The molecule has 0 N–H and O–H groups in total. The van der Waals surface area contributed by atoms with Crippen molar-refractivity contribution >= 4 is 82.1 Å². The van der Waals surface area contributed by atoms with Gasteiger partial charge in [-0.15, -0.1) is 0 Å². The Balaban J connectivity index is 0.991. The molecule has 326 valence electrons. The molecule has 1 nitrogen and oxygen atoms in total. The van der Waals surface area contributed by atoms with Gasteiger partial charge >= 0.3 is 0 Å². The minimum atomic E-state index is -0.157. The number of fused-ring (bicyclic) bond motifs is 2. The summed E-state index contributed by atoms with van der Waals surface area (Å²) >= 11 is 7.22. The molecule has 0 spiro atoms. The molecule has 0 saturated heterocycles. The van der Waals surface area contributed by atoms with Crippen molar-refractivity contribution in [3.8, 4) is 11.1 Å². The molecule has 0 fully saturated rings. The van der Waals surface area contributed by atoms with Crippen LogP contribution in [0.4, 0.5) is 17.1 Å². The molecule has 10 rings (SSSR count). The van der Waals surface area contributed by atoms with Crippen LogP contribution < -0.4 is 4.90 Å². The summed E-state index contributed by atoms with van der Waals surface area (Å²) in [7, 11) is 0. The van der Waals surface area contributed by atoms with E-state index < -0.39 is 0 Å². The number of rotatable bonds is 11. The van der Waals surface area contributed by atoms with Crippen LogP contribution in [-0.4, -0.2) is 0 Å².